The second-order valence-corrected chi connectivity index (χ2v) is 11.5. The van der Waals surface area contributed by atoms with E-state index in [2.05, 4.69) is 15.0 Å². The smallest absolute Gasteiger partial charge is 0.240 e. The van der Waals surface area contributed by atoms with Gasteiger partial charge in [0.2, 0.25) is 15.9 Å². The van der Waals surface area contributed by atoms with Gasteiger partial charge in [0.25, 0.3) is 0 Å². The quantitative estimate of drug-likeness (QED) is 0.519. The number of amides is 1. The molecule has 32 heavy (non-hydrogen) atoms. The molecule has 11 heteroatoms. The summed E-state index contributed by atoms with van der Waals surface area (Å²) in [6, 6.07) is 6.55. The molecule has 2 N–H and O–H groups in total. The van der Waals surface area contributed by atoms with Gasteiger partial charge < -0.3 is 15.0 Å². The lowest BCUT2D eigenvalue weighted by atomic mass is 9.84. The van der Waals surface area contributed by atoms with Gasteiger partial charge in [-0.3, -0.25) is 4.79 Å². The predicted molar refractivity (Wildman–Crippen MR) is 127 cm³/mol. The third kappa shape index (κ3) is 7.23. The highest BCUT2D eigenvalue weighted by molar-refractivity contribution is 7.89. The molecule has 0 aliphatic carbocycles. The van der Waals surface area contributed by atoms with Gasteiger partial charge in [0, 0.05) is 26.3 Å². The molecule has 1 aromatic heterocycles. The first-order valence-electron chi connectivity index (χ1n) is 10.5. The van der Waals surface area contributed by atoms with Crippen LogP contribution in [0.1, 0.15) is 30.7 Å². The topological polar surface area (TPSA) is 101 Å². The van der Waals surface area contributed by atoms with Crippen LogP contribution in [0.15, 0.2) is 35.4 Å². The summed E-state index contributed by atoms with van der Waals surface area (Å²) in [6.07, 6.45) is 3.95. The molecule has 1 saturated heterocycles. The highest BCUT2D eigenvalue weighted by atomic mass is 35.5. The van der Waals surface area contributed by atoms with Crippen molar-refractivity contribution in [3.05, 3.63) is 40.4 Å². The van der Waals surface area contributed by atoms with Gasteiger partial charge in [0.1, 0.15) is 4.34 Å². The van der Waals surface area contributed by atoms with Crippen LogP contribution in [0, 0.1) is 5.92 Å². The number of aromatic nitrogens is 1. The zero-order chi connectivity index (χ0) is 23.1. The Kier molecular flexibility index (Phi) is 9.04. The van der Waals surface area contributed by atoms with E-state index >= 15 is 0 Å². The number of nitrogens with zero attached hydrogens (tertiary/aromatic N) is 2. The van der Waals surface area contributed by atoms with Crippen LogP contribution in [0.4, 0.5) is 5.13 Å². The highest BCUT2D eigenvalue weighted by Crippen LogP contribution is 2.32. The monoisotopic (exact) mass is 500 g/mol. The average molecular weight is 501 g/mol. The zero-order valence-electron chi connectivity index (χ0n) is 18.2. The van der Waals surface area contributed by atoms with Gasteiger partial charge in [-0.15, -0.1) is 0 Å². The lowest BCUT2D eigenvalue weighted by molar-refractivity contribution is -0.118. The Labute approximate surface area is 198 Å². The molecule has 2 heterocycles. The average Bonchev–Trinajstić information content (AvgIpc) is 3.17. The van der Waals surface area contributed by atoms with Crippen molar-refractivity contribution in [3.8, 4) is 0 Å². The van der Waals surface area contributed by atoms with E-state index in [1.807, 2.05) is 19.0 Å². The molecule has 1 amide bonds. The number of ether oxygens (including phenoxy) is 1. The first kappa shape index (κ1) is 25.1. The van der Waals surface area contributed by atoms with Crippen LogP contribution in [0.3, 0.4) is 0 Å². The van der Waals surface area contributed by atoms with Crippen molar-refractivity contribution < 1.29 is 17.9 Å². The van der Waals surface area contributed by atoms with Crippen LogP contribution in [0.25, 0.3) is 0 Å². The number of carbonyl (C=O) groups is 1. The fraction of sp³-hybridized carbons (Fsp3) is 0.524. The van der Waals surface area contributed by atoms with E-state index in [1.54, 1.807) is 24.3 Å². The molecule has 0 radical (unpaired) electrons. The maximum atomic E-state index is 13.1. The fourth-order valence-electron chi connectivity index (χ4n) is 3.58. The Morgan fingerprint density at radius 3 is 2.56 bits per heavy atom. The molecule has 8 nitrogen and oxygen atoms in total. The van der Waals surface area contributed by atoms with E-state index in [0.717, 1.165) is 18.4 Å². The number of hydrogen-bond donors (Lipinski definition) is 2. The number of benzene rings is 1. The summed E-state index contributed by atoms with van der Waals surface area (Å²) < 4.78 is 33.6. The Bertz CT molecular complexity index is 989. The summed E-state index contributed by atoms with van der Waals surface area (Å²) in [5.41, 5.74) is 0.767. The minimum absolute atomic E-state index is 0.178. The van der Waals surface area contributed by atoms with Crippen molar-refractivity contribution in [1.29, 1.82) is 0 Å². The molecule has 1 aromatic carbocycles. The molecule has 1 unspecified atom stereocenters. The van der Waals surface area contributed by atoms with E-state index in [0.29, 0.717) is 48.1 Å². The van der Waals surface area contributed by atoms with Gasteiger partial charge in [-0.05, 0) is 57.0 Å². The lowest BCUT2D eigenvalue weighted by Crippen LogP contribution is -2.31. The van der Waals surface area contributed by atoms with E-state index in [9.17, 15) is 13.2 Å². The third-order valence-corrected chi connectivity index (χ3v) is 7.89. The van der Waals surface area contributed by atoms with Crippen LogP contribution in [-0.2, 0) is 19.6 Å². The molecule has 0 spiro atoms. The number of likely N-dealkylation sites (N-methyl/N-ethyl adjacent to an activating group) is 1. The predicted octanol–water partition coefficient (Wildman–Crippen LogP) is 3.18. The highest BCUT2D eigenvalue weighted by Gasteiger charge is 2.27. The molecule has 0 bridgehead atoms. The molecule has 1 atom stereocenters. The second kappa shape index (κ2) is 11.5. The van der Waals surface area contributed by atoms with Crippen molar-refractivity contribution in [3.63, 3.8) is 0 Å². The largest absolute Gasteiger partial charge is 0.381 e. The van der Waals surface area contributed by atoms with Gasteiger partial charge in [-0.2, -0.15) is 0 Å². The van der Waals surface area contributed by atoms with Crippen molar-refractivity contribution >= 4 is 44.0 Å². The van der Waals surface area contributed by atoms with Crippen molar-refractivity contribution in [2.45, 2.75) is 30.1 Å². The Balaban J connectivity index is 1.76. The van der Waals surface area contributed by atoms with E-state index < -0.39 is 15.9 Å². The maximum Gasteiger partial charge on any atom is 0.240 e. The summed E-state index contributed by atoms with van der Waals surface area (Å²) in [5.74, 6) is -0.253. The van der Waals surface area contributed by atoms with Gasteiger partial charge in [0.05, 0.1) is 17.0 Å². The van der Waals surface area contributed by atoms with Gasteiger partial charge in [0.15, 0.2) is 5.13 Å². The third-order valence-electron chi connectivity index (χ3n) is 5.38. The number of halogens is 1. The van der Waals surface area contributed by atoms with Crippen LogP contribution in [0.5, 0.6) is 0 Å². The summed E-state index contributed by atoms with van der Waals surface area (Å²) in [7, 11) is 0.154. The number of rotatable bonds is 10. The second-order valence-electron chi connectivity index (χ2n) is 8.07. The standard InChI is InChI=1S/C21H29ClN4O4S2/c1-26(2)10-9-24-32(28,29)17-5-3-16(4-6-17)18(13-15-7-11-30-12-8-15)20(27)25-21-23-14-19(22)31-21/h3-6,14-15,18,24H,7-13H2,1-2H3,(H,23,25,27). The summed E-state index contributed by atoms with van der Waals surface area (Å²) >= 11 is 7.14. The molecular formula is C21H29ClN4O4S2. The molecule has 2 aromatic rings. The van der Waals surface area contributed by atoms with Crippen LogP contribution in [-0.4, -0.2) is 64.6 Å². The molecule has 176 valence electrons. The molecule has 1 aliphatic heterocycles. The number of hydrogen-bond acceptors (Lipinski definition) is 7. The van der Waals surface area contributed by atoms with Crippen LogP contribution in [0.2, 0.25) is 4.34 Å². The number of nitrogens with one attached hydrogen (secondary N) is 2. The number of sulfonamides is 1. The number of anilines is 1. The Hall–Kier alpha value is -1.56. The molecule has 1 fully saturated rings. The van der Waals surface area contributed by atoms with Crippen molar-refractivity contribution in [2.24, 2.45) is 5.92 Å². The molecule has 0 saturated carbocycles. The first-order valence-corrected chi connectivity index (χ1v) is 13.2. The number of carbonyl (C=O) groups excluding carboxylic acids is 1. The van der Waals surface area contributed by atoms with Crippen molar-refractivity contribution in [1.82, 2.24) is 14.6 Å². The van der Waals surface area contributed by atoms with E-state index in [-0.39, 0.29) is 10.8 Å². The van der Waals surface area contributed by atoms with Crippen molar-refractivity contribution in [2.75, 3.05) is 45.7 Å². The fourth-order valence-corrected chi connectivity index (χ4v) is 5.42. The minimum atomic E-state index is -3.61. The van der Waals surface area contributed by atoms with Gasteiger partial charge in [-0.25, -0.2) is 18.1 Å². The molecule has 3 rings (SSSR count). The Morgan fingerprint density at radius 2 is 1.97 bits per heavy atom. The maximum absolute atomic E-state index is 13.1. The van der Waals surface area contributed by atoms with E-state index in [4.69, 9.17) is 16.3 Å². The van der Waals surface area contributed by atoms with Gasteiger partial charge in [-0.1, -0.05) is 35.1 Å². The van der Waals surface area contributed by atoms with E-state index in [1.165, 1.54) is 17.5 Å². The summed E-state index contributed by atoms with van der Waals surface area (Å²) in [4.78, 5) is 19.3. The summed E-state index contributed by atoms with van der Waals surface area (Å²) in [6.45, 7) is 2.31. The normalized spacial score (nSPS) is 16.2. The van der Waals surface area contributed by atoms with Crippen LogP contribution >= 0.6 is 22.9 Å². The molecular weight excluding hydrogens is 472 g/mol. The zero-order valence-corrected chi connectivity index (χ0v) is 20.6. The summed E-state index contributed by atoms with van der Waals surface area (Å²) in [5, 5.41) is 3.30. The molecule has 1 aliphatic rings. The SMILES string of the molecule is CN(C)CCNS(=O)(=O)c1ccc(C(CC2CCOCC2)C(=O)Nc2ncc(Cl)s2)cc1. The minimum Gasteiger partial charge on any atom is -0.381 e. The van der Waals surface area contributed by atoms with Crippen LogP contribution < -0.4 is 10.0 Å². The lowest BCUT2D eigenvalue weighted by Gasteiger charge is -2.26. The van der Waals surface area contributed by atoms with Gasteiger partial charge >= 0.3 is 0 Å². The number of thiazole rings is 1. The Morgan fingerprint density at radius 1 is 1.28 bits per heavy atom. The first-order chi connectivity index (χ1) is 15.2.